The van der Waals surface area contributed by atoms with Gasteiger partial charge in [0, 0.05) is 0 Å². The number of hydrogen-bond donors (Lipinski definition) is 0. The number of allylic oxidation sites excluding steroid dienone is 4. The molecule has 0 saturated heterocycles. The molecule has 0 radical (unpaired) electrons. The first-order chi connectivity index (χ1) is 5.20. The molecule has 1 aliphatic rings. The SMILES string of the molecule is C=C.CC1=CC=C(C)C(C)C1. The predicted molar refractivity (Wildman–Crippen MR) is 52.5 cm³/mol. The van der Waals surface area contributed by atoms with Gasteiger partial charge in [-0.2, -0.15) is 0 Å². The van der Waals surface area contributed by atoms with Crippen molar-refractivity contribution in [2.45, 2.75) is 27.2 Å². The first kappa shape index (κ1) is 10.2. The summed E-state index contributed by atoms with van der Waals surface area (Å²) in [4.78, 5) is 0. The molecule has 0 fully saturated rings. The minimum atomic E-state index is 0.773. The van der Waals surface area contributed by atoms with E-state index in [4.69, 9.17) is 0 Å². The lowest BCUT2D eigenvalue weighted by atomic mass is 9.90. The standard InChI is InChI=1S/C9H14.C2H4/c1-7-4-5-8(2)9(3)6-7;1-2/h4-5,9H,6H2,1-3H3;1-2H2. The zero-order valence-corrected chi connectivity index (χ0v) is 7.85. The van der Waals surface area contributed by atoms with Crippen LogP contribution in [-0.4, -0.2) is 0 Å². The highest BCUT2D eigenvalue weighted by molar-refractivity contribution is 5.23. The van der Waals surface area contributed by atoms with Crippen molar-refractivity contribution in [2.24, 2.45) is 5.92 Å². The zero-order valence-electron chi connectivity index (χ0n) is 7.85. The van der Waals surface area contributed by atoms with Crippen molar-refractivity contribution < 1.29 is 0 Å². The summed E-state index contributed by atoms with van der Waals surface area (Å²) in [6.45, 7) is 12.7. The molecule has 0 aromatic heterocycles. The maximum absolute atomic E-state index is 3.00. The van der Waals surface area contributed by atoms with Gasteiger partial charge in [-0.05, 0) is 26.2 Å². The van der Waals surface area contributed by atoms with E-state index < -0.39 is 0 Å². The molecule has 0 nitrogen and oxygen atoms in total. The summed E-state index contributed by atoms with van der Waals surface area (Å²) in [7, 11) is 0. The van der Waals surface area contributed by atoms with E-state index in [1.807, 2.05) is 0 Å². The van der Waals surface area contributed by atoms with Crippen LogP contribution in [0.1, 0.15) is 27.2 Å². The van der Waals surface area contributed by atoms with E-state index in [1.165, 1.54) is 17.6 Å². The van der Waals surface area contributed by atoms with Crippen LogP contribution in [-0.2, 0) is 0 Å². The second-order valence-corrected chi connectivity index (χ2v) is 3.03. The third kappa shape index (κ3) is 3.22. The van der Waals surface area contributed by atoms with Crippen molar-refractivity contribution >= 4 is 0 Å². The van der Waals surface area contributed by atoms with Gasteiger partial charge in [0.1, 0.15) is 0 Å². The molecule has 1 rings (SSSR count). The summed E-state index contributed by atoms with van der Waals surface area (Å²) in [5.74, 6) is 0.773. The number of rotatable bonds is 0. The van der Waals surface area contributed by atoms with Gasteiger partial charge in [-0.3, -0.25) is 0 Å². The summed E-state index contributed by atoms with van der Waals surface area (Å²) in [5.41, 5.74) is 3.02. The molecule has 1 atom stereocenters. The van der Waals surface area contributed by atoms with Crippen LogP contribution in [0.4, 0.5) is 0 Å². The molecule has 62 valence electrons. The molecule has 0 amide bonds. The average molecular weight is 150 g/mol. The Balaban J connectivity index is 0.000000461. The van der Waals surface area contributed by atoms with Crippen LogP contribution in [0.2, 0.25) is 0 Å². The Bertz CT molecular complexity index is 172. The van der Waals surface area contributed by atoms with Gasteiger partial charge in [-0.15, -0.1) is 13.2 Å². The third-order valence-corrected chi connectivity index (χ3v) is 2.04. The second kappa shape index (κ2) is 4.95. The van der Waals surface area contributed by atoms with Gasteiger partial charge in [0.15, 0.2) is 0 Å². The van der Waals surface area contributed by atoms with Crippen molar-refractivity contribution in [3.8, 4) is 0 Å². The topological polar surface area (TPSA) is 0 Å². The van der Waals surface area contributed by atoms with Crippen molar-refractivity contribution in [1.29, 1.82) is 0 Å². The molecule has 0 N–H and O–H groups in total. The quantitative estimate of drug-likeness (QED) is 0.462. The van der Waals surface area contributed by atoms with Gasteiger partial charge in [-0.25, -0.2) is 0 Å². The molecule has 0 aliphatic heterocycles. The Labute approximate surface area is 70.3 Å². The lowest BCUT2D eigenvalue weighted by molar-refractivity contribution is 0.662. The van der Waals surface area contributed by atoms with Gasteiger partial charge < -0.3 is 0 Å². The molecule has 0 saturated carbocycles. The number of hydrogen-bond acceptors (Lipinski definition) is 0. The van der Waals surface area contributed by atoms with Crippen LogP contribution in [0.15, 0.2) is 36.5 Å². The molecule has 0 aromatic carbocycles. The molecule has 1 unspecified atom stereocenters. The highest BCUT2D eigenvalue weighted by atomic mass is 14.1. The Kier molecular flexibility index (Phi) is 4.60. The van der Waals surface area contributed by atoms with Crippen LogP contribution in [0, 0.1) is 5.92 Å². The van der Waals surface area contributed by atoms with E-state index in [9.17, 15) is 0 Å². The minimum absolute atomic E-state index is 0.773. The van der Waals surface area contributed by atoms with Gasteiger partial charge in [0.2, 0.25) is 0 Å². The third-order valence-electron chi connectivity index (χ3n) is 2.04. The highest BCUT2D eigenvalue weighted by Crippen LogP contribution is 2.23. The van der Waals surface area contributed by atoms with Crippen molar-refractivity contribution in [3.05, 3.63) is 36.5 Å². The molecule has 11 heavy (non-hydrogen) atoms. The molecular formula is C11H18. The Hall–Kier alpha value is -0.780. The molecule has 1 aliphatic carbocycles. The maximum atomic E-state index is 3.00. The molecule has 0 aromatic rings. The summed E-state index contributed by atoms with van der Waals surface area (Å²) in [6, 6.07) is 0. The van der Waals surface area contributed by atoms with Gasteiger partial charge in [0.25, 0.3) is 0 Å². The second-order valence-electron chi connectivity index (χ2n) is 3.03. The fourth-order valence-electron chi connectivity index (χ4n) is 1.15. The van der Waals surface area contributed by atoms with Crippen LogP contribution in [0.25, 0.3) is 0 Å². The van der Waals surface area contributed by atoms with E-state index in [0.29, 0.717) is 0 Å². The first-order valence-corrected chi connectivity index (χ1v) is 4.04. The predicted octanol–water partition coefficient (Wildman–Crippen LogP) is 3.72. The minimum Gasteiger partial charge on any atom is -0.106 e. The summed E-state index contributed by atoms with van der Waals surface area (Å²) < 4.78 is 0. The van der Waals surface area contributed by atoms with Gasteiger partial charge in [0.05, 0.1) is 0 Å². The van der Waals surface area contributed by atoms with Crippen molar-refractivity contribution in [1.82, 2.24) is 0 Å². The summed E-state index contributed by atoms with van der Waals surface area (Å²) in [6.07, 6.45) is 5.70. The van der Waals surface area contributed by atoms with Crippen LogP contribution in [0.3, 0.4) is 0 Å². The summed E-state index contributed by atoms with van der Waals surface area (Å²) in [5, 5.41) is 0. The monoisotopic (exact) mass is 150 g/mol. The molecule has 0 heterocycles. The van der Waals surface area contributed by atoms with E-state index in [-0.39, 0.29) is 0 Å². The van der Waals surface area contributed by atoms with Gasteiger partial charge in [-0.1, -0.05) is 30.2 Å². The molecule has 0 bridgehead atoms. The Morgan fingerprint density at radius 1 is 1.27 bits per heavy atom. The Morgan fingerprint density at radius 3 is 2.18 bits per heavy atom. The van der Waals surface area contributed by atoms with Crippen molar-refractivity contribution in [3.63, 3.8) is 0 Å². The summed E-state index contributed by atoms with van der Waals surface area (Å²) >= 11 is 0. The van der Waals surface area contributed by atoms with Crippen molar-refractivity contribution in [2.75, 3.05) is 0 Å². The first-order valence-electron chi connectivity index (χ1n) is 4.04. The smallest absolute Gasteiger partial charge is 0.0194 e. The Morgan fingerprint density at radius 2 is 1.82 bits per heavy atom. The van der Waals surface area contributed by atoms with E-state index in [0.717, 1.165) is 5.92 Å². The zero-order chi connectivity index (χ0) is 8.85. The van der Waals surface area contributed by atoms with Crippen LogP contribution in [0.5, 0.6) is 0 Å². The normalized spacial score (nSPS) is 22.6. The molecule has 0 spiro atoms. The largest absolute Gasteiger partial charge is 0.106 e. The molecular weight excluding hydrogens is 132 g/mol. The fourth-order valence-corrected chi connectivity index (χ4v) is 1.15. The lowest BCUT2D eigenvalue weighted by Gasteiger charge is -2.15. The molecule has 0 heteroatoms. The van der Waals surface area contributed by atoms with Crippen LogP contribution < -0.4 is 0 Å². The fraction of sp³-hybridized carbons (Fsp3) is 0.455. The average Bonchev–Trinajstić information content (AvgIpc) is 2.02. The van der Waals surface area contributed by atoms with E-state index in [1.54, 1.807) is 0 Å². The highest BCUT2D eigenvalue weighted by Gasteiger charge is 2.07. The van der Waals surface area contributed by atoms with Crippen LogP contribution >= 0.6 is 0 Å². The van der Waals surface area contributed by atoms with E-state index in [2.05, 4.69) is 46.1 Å². The lowest BCUT2D eigenvalue weighted by Crippen LogP contribution is -2.00. The maximum Gasteiger partial charge on any atom is -0.0194 e. The van der Waals surface area contributed by atoms with Gasteiger partial charge >= 0.3 is 0 Å². The van der Waals surface area contributed by atoms with E-state index >= 15 is 0 Å².